The molecule has 0 bridgehead atoms. The predicted octanol–water partition coefficient (Wildman–Crippen LogP) is 9.04. The Bertz CT molecular complexity index is 2790. The Labute approximate surface area is 398 Å². The fraction of sp³-hybridized carbons (Fsp3) is 0.340. The zero-order valence-corrected chi connectivity index (χ0v) is 40.5. The lowest BCUT2D eigenvalue weighted by Crippen LogP contribution is -2.32. The Kier molecular flexibility index (Phi) is 17.3. The molecule has 2 saturated heterocycles. The number of alkyl halides is 1. The van der Waals surface area contributed by atoms with Gasteiger partial charge in [-0.05, 0) is 87.3 Å². The molecular formula is C47H55BrN8O5S4. The van der Waals surface area contributed by atoms with Crippen molar-refractivity contribution in [1.29, 1.82) is 0 Å². The summed E-state index contributed by atoms with van der Waals surface area (Å²) in [6.07, 6.45) is 8.81. The van der Waals surface area contributed by atoms with Gasteiger partial charge in [0.2, 0.25) is 10.1 Å². The maximum atomic E-state index is 11.6. The van der Waals surface area contributed by atoms with Crippen LogP contribution >= 0.6 is 38.6 Å². The van der Waals surface area contributed by atoms with Crippen LogP contribution in [0.1, 0.15) is 76.4 Å². The van der Waals surface area contributed by atoms with Gasteiger partial charge in [-0.25, -0.2) is 26.3 Å². The number of ketones is 1. The van der Waals surface area contributed by atoms with Gasteiger partial charge >= 0.3 is 0 Å². The van der Waals surface area contributed by atoms with Crippen LogP contribution in [0.25, 0.3) is 16.2 Å². The second-order valence-corrected chi connectivity index (χ2v) is 22.6. The number of anilines is 1. The van der Waals surface area contributed by atoms with Crippen molar-refractivity contribution >= 4 is 74.2 Å². The Morgan fingerprint density at radius 2 is 1.15 bits per heavy atom. The minimum absolute atomic E-state index is 0. The van der Waals surface area contributed by atoms with Crippen molar-refractivity contribution in [3.05, 3.63) is 142 Å². The first-order valence-electron chi connectivity index (χ1n) is 20.9. The summed E-state index contributed by atoms with van der Waals surface area (Å²) in [7, 11) is -6.37. The van der Waals surface area contributed by atoms with Crippen molar-refractivity contribution in [3.63, 3.8) is 0 Å². The van der Waals surface area contributed by atoms with E-state index in [9.17, 15) is 21.6 Å². The molecule has 0 spiro atoms. The summed E-state index contributed by atoms with van der Waals surface area (Å²) in [5.41, 5.74) is 10.6. The third kappa shape index (κ3) is 13.9. The molecule has 344 valence electrons. The van der Waals surface area contributed by atoms with Crippen molar-refractivity contribution in [2.24, 2.45) is 0 Å². The number of aromatic nitrogens is 5. The molecule has 2 N–H and O–H groups in total. The first-order chi connectivity index (χ1) is 30.7. The summed E-state index contributed by atoms with van der Waals surface area (Å²) in [6, 6.07) is 34.0. The smallest absolute Gasteiger partial charge is 0.212 e. The molecule has 9 rings (SSSR count). The van der Waals surface area contributed by atoms with Crippen molar-refractivity contribution < 1.29 is 21.6 Å². The number of hydrogen-bond donors (Lipinski definition) is 1. The fourth-order valence-corrected chi connectivity index (χ4v) is 11.0. The van der Waals surface area contributed by atoms with Gasteiger partial charge in [-0.1, -0.05) is 131 Å². The van der Waals surface area contributed by atoms with Gasteiger partial charge in [0.15, 0.2) is 25.5 Å². The van der Waals surface area contributed by atoms with Crippen LogP contribution in [0.15, 0.2) is 125 Å². The van der Waals surface area contributed by atoms with E-state index in [1.807, 2.05) is 10.7 Å². The number of Topliss-reactive ketones (excluding diaryl/α,β-unsaturated/α-hetero) is 1. The summed E-state index contributed by atoms with van der Waals surface area (Å²) < 4.78 is 47.3. The monoisotopic (exact) mass is 1020 g/mol. The van der Waals surface area contributed by atoms with E-state index in [1.54, 1.807) is 35.6 Å². The van der Waals surface area contributed by atoms with Gasteiger partial charge in [0.05, 0.1) is 27.0 Å². The summed E-state index contributed by atoms with van der Waals surface area (Å²) in [4.78, 5) is 22.3. The summed E-state index contributed by atoms with van der Waals surface area (Å²) in [6.45, 7) is 6.47. The van der Waals surface area contributed by atoms with Crippen LogP contribution in [0, 0.1) is 0 Å². The maximum absolute atomic E-state index is 11.6. The van der Waals surface area contributed by atoms with E-state index < -0.39 is 19.7 Å². The molecule has 0 atom stereocenters. The van der Waals surface area contributed by atoms with Crippen molar-refractivity contribution in [2.45, 2.75) is 67.8 Å². The van der Waals surface area contributed by atoms with Crippen LogP contribution in [0.2, 0.25) is 0 Å². The number of imidazole rings is 1. The van der Waals surface area contributed by atoms with Gasteiger partial charge in [-0.15, -0.1) is 10.2 Å². The van der Waals surface area contributed by atoms with Crippen LogP contribution < -0.4 is 5.73 Å². The second-order valence-electron chi connectivity index (χ2n) is 16.0. The normalized spacial score (nSPS) is 15.3. The number of carbonyl (C=O) groups is 1. The first-order valence-corrected chi connectivity index (χ1v) is 27.4. The van der Waals surface area contributed by atoms with Gasteiger partial charge < -0.3 is 5.73 Å². The van der Waals surface area contributed by atoms with E-state index in [-0.39, 0.29) is 23.4 Å². The molecule has 4 aromatic carbocycles. The molecule has 65 heavy (non-hydrogen) atoms. The Morgan fingerprint density at radius 1 is 0.677 bits per heavy atom. The fourth-order valence-electron chi connectivity index (χ4n) is 7.63. The SMILES string of the molecule is C.CS(=O)(=O)c1ccc(-c2cn3nc(C4CCN(Cc5ccccc5)CC4)sc3n2)cc1.CS(=O)(=O)c1ccc(C(=O)CBr)cc1.Nc1nnc(C2CCN(Cc3ccccc3)CC2)s1. The molecule has 2 aliphatic heterocycles. The number of nitrogen functional groups attached to an aromatic ring is 1. The van der Waals surface area contributed by atoms with Crippen molar-refractivity contribution in [2.75, 3.05) is 49.8 Å². The molecule has 2 aliphatic rings. The van der Waals surface area contributed by atoms with Gasteiger partial charge in [0, 0.05) is 48.6 Å². The number of nitrogens with two attached hydrogens (primary N) is 1. The number of sulfone groups is 2. The van der Waals surface area contributed by atoms with E-state index in [0.29, 0.717) is 27.4 Å². The predicted molar refractivity (Wildman–Crippen MR) is 266 cm³/mol. The summed E-state index contributed by atoms with van der Waals surface area (Å²) in [5, 5.41) is 16.0. The Morgan fingerprint density at radius 3 is 1.58 bits per heavy atom. The molecule has 0 aliphatic carbocycles. The first kappa shape index (κ1) is 49.7. The van der Waals surface area contributed by atoms with E-state index in [1.165, 1.54) is 53.0 Å². The third-order valence-electron chi connectivity index (χ3n) is 11.2. The average molecular weight is 1020 g/mol. The zero-order chi connectivity index (χ0) is 45.3. The number of likely N-dealkylation sites (tertiary alicyclic amines) is 2. The van der Waals surface area contributed by atoms with Gasteiger partial charge in [0.25, 0.3) is 0 Å². The molecule has 5 heterocycles. The highest BCUT2D eigenvalue weighted by Gasteiger charge is 2.25. The number of carbonyl (C=O) groups excluding carboxylic acids is 1. The second kappa shape index (κ2) is 22.7. The molecule has 0 amide bonds. The third-order valence-corrected chi connectivity index (χ3v) is 16.0. The Balaban J connectivity index is 0.000000176. The highest BCUT2D eigenvalue weighted by molar-refractivity contribution is 9.09. The van der Waals surface area contributed by atoms with Gasteiger partial charge in [0.1, 0.15) is 10.0 Å². The average Bonchev–Trinajstić information content (AvgIpc) is 4.03. The summed E-state index contributed by atoms with van der Waals surface area (Å²) >= 11 is 6.24. The van der Waals surface area contributed by atoms with Crippen LogP contribution in [0.4, 0.5) is 5.13 Å². The lowest BCUT2D eigenvalue weighted by Gasteiger charge is -2.30. The molecule has 18 heteroatoms. The standard InChI is InChI=1S/C23H24N4O2S2.C14H18N4S.C9H9BrO3S.CH4/c1-31(28,29)20-9-7-18(8-10-20)21-16-27-23(24-21)30-22(25-27)19-11-13-26(14-12-19)15-17-5-3-2-4-6-17;15-14-17-16-13(19-14)12-6-8-18(9-7-12)10-11-4-2-1-3-5-11;1-14(12,13)8-4-2-7(3-5-8)9(11)6-10;/h2-10,16,19H,11-15H2,1H3;1-5,12H,6-10H2,(H2,15,17);2-5H,6H2,1H3;1H4. The topological polar surface area (TPSA) is 174 Å². The largest absolute Gasteiger partial charge is 0.374 e. The minimum atomic E-state index is -3.19. The maximum Gasteiger partial charge on any atom is 0.212 e. The number of benzene rings is 4. The number of piperidine rings is 2. The number of nitrogens with zero attached hydrogens (tertiary/aromatic N) is 7. The molecule has 2 fully saturated rings. The molecule has 0 unspecified atom stereocenters. The van der Waals surface area contributed by atoms with E-state index in [4.69, 9.17) is 15.8 Å². The minimum Gasteiger partial charge on any atom is -0.374 e. The number of fused-ring (bicyclic) bond motifs is 1. The number of halogens is 1. The molecule has 0 saturated carbocycles. The lowest BCUT2D eigenvalue weighted by molar-refractivity contribution is 0.102. The van der Waals surface area contributed by atoms with E-state index in [2.05, 4.69) is 96.6 Å². The number of rotatable bonds is 11. The van der Waals surface area contributed by atoms with Crippen LogP contribution in [-0.4, -0.2) is 101 Å². The van der Waals surface area contributed by atoms with Gasteiger partial charge in [-0.3, -0.25) is 14.6 Å². The van der Waals surface area contributed by atoms with Crippen molar-refractivity contribution in [3.8, 4) is 11.3 Å². The van der Waals surface area contributed by atoms with Gasteiger partial charge in [-0.2, -0.15) is 5.10 Å². The molecule has 0 radical (unpaired) electrons. The summed E-state index contributed by atoms with van der Waals surface area (Å²) in [5.74, 6) is 0.961. The molecule has 7 aromatic rings. The van der Waals surface area contributed by atoms with E-state index >= 15 is 0 Å². The molecule has 13 nitrogen and oxygen atoms in total. The highest BCUT2D eigenvalue weighted by Crippen LogP contribution is 2.34. The lowest BCUT2D eigenvalue weighted by atomic mass is 9.97. The highest BCUT2D eigenvalue weighted by atomic mass is 79.9. The van der Waals surface area contributed by atoms with Crippen LogP contribution in [-0.2, 0) is 32.8 Å². The Hall–Kier alpha value is -4.69. The van der Waals surface area contributed by atoms with Crippen molar-refractivity contribution in [1.82, 2.24) is 34.6 Å². The van der Waals surface area contributed by atoms with Crippen LogP contribution in [0.3, 0.4) is 0 Å². The molecular weight excluding hydrogens is 965 g/mol. The zero-order valence-electron chi connectivity index (χ0n) is 35.7. The number of hydrogen-bond acceptors (Lipinski definition) is 14. The van der Waals surface area contributed by atoms with E-state index in [0.717, 1.165) is 97.4 Å². The van der Waals surface area contributed by atoms with Crippen LogP contribution in [0.5, 0.6) is 0 Å². The molecule has 3 aromatic heterocycles. The quantitative estimate of drug-likeness (QED) is 0.0964.